The van der Waals surface area contributed by atoms with Crippen molar-refractivity contribution in [2.75, 3.05) is 260 Å². The Hall–Kier alpha value is -12.6. The number of rotatable bonds is 14. The molecule has 6 saturated heterocycles. The lowest BCUT2D eigenvalue weighted by molar-refractivity contribution is -0.148. The summed E-state index contributed by atoms with van der Waals surface area (Å²) in [6.45, 7) is 27.1. The van der Waals surface area contributed by atoms with E-state index in [9.17, 15) is 23.1 Å². The summed E-state index contributed by atoms with van der Waals surface area (Å²) in [4.78, 5) is 60.8. The maximum atomic E-state index is 12.4. The van der Waals surface area contributed by atoms with Gasteiger partial charge in [-0.1, -0.05) is 6.92 Å². The van der Waals surface area contributed by atoms with Crippen molar-refractivity contribution in [2.45, 2.75) is 77.1 Å². The molecule has 772 valence electrons. The van der Waals surface area contributed by atoms with Crippen LogP contribution in [0.4, 0.5) is 53.0 Å². The number of alkyl halides is 3. The zero-order valence-electron chi connectivity index (χ0n) is 82.1. The van der Waals surface area contributed by atoms with Crippen molar-refractivity contribution >= 4 is 184 Å². The van der Waals surface area contributed by atoms with Gasteiger partial charge in [-0.25, -0.2) is 0 Å². The van der Waals surface area contributed by atoms with Crippen LogP contribution in [-0.4, -0.2) is 397 Å². The Morgan fingerprint density at radius 2 is 0.731 bits per heavy atom. The van der Waals surface area contributed by atoms with Gasteiger partial charge in [0.1, 0.15) is 34.2 Å². The van der Waals surface area contributed by atoms with E-state index < -0.39 is 12.7 Å². The van der Waals surface area contributed by atoms with E-state index >= 15 is 0 Å². The molecule has 1 aromatic carbocycles. The Morgan fingerprint density at radius 1 is 0.421 bits per heavy atom. The molecule has 0 aliphatic carbocycles. The second kappa shape index (κ2) is 55.1. The smallest absolute Gasteiger partial charge is 0.395 e. The molecule has 0 spiro atoms. The van der Waals surface area contributed by atoms with Gasteiger partial charge in [0.05, 0.1) is 99.7 Å². The number of nitriles is 1. The number of nitrogens with one attached hydrogen (secondary N) is 14. The molecular weight excluding hydrogens is 1970 g/mol. The average Bonchev–Trinajstić information content (AvgIpc) is 0.835. The fourth-order valence-corrected chi connectivity index (χ4v) is 18.8. The zero-order valence-corrected chi connectivity index (χ0v) is 87.0. The molecule has 6 fully saturated rings. The fourth-order valence-electron chi connectivity index (χ4n) is 17.5. The summed E-state index contributed by atoms with van der Waals surface area (Å²) in [7, 11) is 4.23. The molecule has 0 bridgehead atoms. The number of likely N-dealkylation sites (N-methyl/N-ethyl adjacent to an activating group) is 2. The predicted octanol–water partition coefficient (Wildman–Crippen LogP) is 6.02. The van der Waals surface area contributed by atoms with Crippen molar-refractivity contribution < 1.29 is 23.1 Å². The van der Waals surface area contributed by atoms with Gasteiger partial charge in [0.15, 0.2) is 30.7 Å². The summed E-state index contributed by atoms with van der Waals surface area (Å²) in [6, 6.07) is 33.8. The normalized spacial score (nSPS) is 20.2. The van der Waals surface area contributed by atoms with Crippen LogP contribution in [0, 0.1) is 11.3 Å². The van der Waals surface area contributed by atoms with Gasteiger partial charge in [0, 0.05) is 283 Å². The third-order valence-electron chi connectivity index (χ3n) is 25.6. The largest absolute Gasteiger partial charge is 0.401 e. The Bertz CT molecular complexity index is 5690. The molecule has 18 heterocycles. The fraction of sp³-hybridized carbons (Fsp3) is 0.479. The van der Waals surface area contributed by atoms with Gasteiger partial charge in [-0.2, -0.15) is 49.0 Å². The second-order valence-corrected chi connectivity index (χ2v) is 38.0. The van der Waals surface area contributed by atoms with Crippen LogP contribution in [0.25, 0.3) is 0 Å². The third-order valence-corrected chi connectivity index (χ3v) is 27.7. The van der Waals surface area contributed by atoms with E-state index in [1.165, 1.54) is 4.90 Å². The van der Waals surface area contributed by atoms with Crippen LogP contribution < -0.4 is 80.0 Å². The van der Waals surface area contributed by atoms with Crippen LogP contribution in [0.5, 0.6) is 0 Å². The van der Waals surface area contributed by atoms with E-state index in [-0.39, 0.29) is 18.6 Å². The van der Waals surface area contributed by atoms with Crippen molar-refractivity contribution in [3.63, 3.8) is 0 Å². The lowest BCUT2D eigenvalue weighted by Crippen LogP contribution is -2.55. The molecule has 40 nitrogen and oxygen atoms in total. The highest BCUT2D eigenvalue weighted by atomic mass is 32.1. The molecule has 15 N–H and O–H groups in total. The van der Waals surface area contributed by atoms with Gasteiger partial charge in [0.25, 0.3) is 0 Å². The highest BCUT2D eigenvalue weighted by Crippen LogP contribution is 2.28. The number of hydrazone groups is 6. The van der Waals surface area contributed by atoms with Gasteiger partial charge in [0.2, 0.25) is 5.91 Å². The molecule has 6 aromatic heterocycles. The van der Waals surface area contributed by atoms with Crippen LogP contribution in [0.15, 0.2) is 165 Å². The van der Waals surface area contributed by atoms with E-state index in [0.717, 1.165) is 304 Å². The van der Waals surface area contributed by atoms with Crippen LogP contribution >= 0.6 is 73.3 Å². The van der Waals surface area contributed by atoms with Crippen molar-refractivity contribution in [1.29, 1.82) is 5.26 Å². The molecule has 0 radical (unpaired) electrons. The number of carbonyl (C=O) groups is 1. The highest BCUT2D eigenvalue weighted by molar-refractivity contribution is 7.81. The molecule has 7 aromatic rings. The van der Waals surface area contributed by atoms with Crippen LogP contribution in [0.2, 0.25) is 0 Å². The SMILES string of the molecule is CCC1CN(C(=S)N/N=C2/CCNc3cccnc32)CCN1.CCN1CCN(C(=S)N/N=C2/CCNc3cccnc32)CC1=O.CN(C)CCN1CCN(C(=S)N/N=C2/CCNc3cccnc32)CC1.FC(F)(F)CN1CCN(C(=S)N/N=C2/CCNc3cccnc32)CC1.N#Cc1ccc(N2CCN(C(=S)N/N=C3/CCNc4cccnc43)CC2)cc1.OCC1CN(C(=S)N/N=C2/CCNc3cccnc32)CCN1. The molecule has 0 saturated carbocycles. The minimum absolute atomic E-state index is 0.0578. The monoisotopic (exact) mass is 2090 g/mol. The number of hydrogen-bond acceptors (Lipinski definition) is 33. The molecular formula is C96H129F3N38O2S6. The molecule has 49 heteroatoms. The van der Waals surface area contributed by atoms with Crippen molar-refractivity contribution in [3.05, 3.63) is 174 Å². The molecule has 12 aliphatic heterocycles. The van der Waals surface area contributed by atoms with Crippen LogP contribution in [-0.2, 0) is 4.79 Å². The number of thiocarbonyl (C=S) groups is 6. The van der Waals surface area contributed by atoms with Gasteiger partial charge in [-0.15, -0.1) is 0 Å². The van der Waals surface area contributed by atoms with Crippen LogP contribution in [0.1, 0.15) is 98.5 Å². The number of pyridine rings is 6. The summed E-state index contributed by atoms with van der Waals surface area (Å²) >= 11 is 32.7. The van der Waals surface area contributed by atoms with Crippen molar-refractivity contribution in [1.82, 2.24) is 122 Å². The van der Waals surface area contributed by atoms with Gasteiger partial charge in [-0.3, -0.25) is 77.1 Å². The standard InChI is InChI=1S/C20H21N7S.C17H27N7S.C15H19F3N6S.C15H20N6OS.C15H22N6S.C14H20N6OS/c21-14-15-3-5-16(6-4-15)26-10-12-27(13-11-26)20(28)25-24-18-7-9-22-17-2-1-8-23-19(17)18;1-22(2)8-9-23-10-12-24(13-11-23)17(25)21-20-15-5-7-18-14-4-3-6-19-16(14)15;16-15(17,18)10-23-6-8-24(9-7-23)14(25)22-21-12-3-5-19-11-2-1-4-20-13(11)12;1-2-20-8-9-21(10-13(20)22)15(23)19-18-12-5-7-16-11-4-3-6-17-14(11)12;1-2-11-10-21(9-8-16-11)15(22)20-19-13-5-7-17-12-4-3-6-18-14(12)13;21-9-10-8-20(7-6-15-10)14(22)19-18-12-3-5-16-11-2-1-4-17-13(11)12/h1-6,8,22H,7,9-13H2,(H,25,28);3-4,6,18H,5,7-13H2,1-2H3,(H,21,25);1-2,4,19H,3,5-10H2,(H,22,25);3-4,6,16H,2,5,7-10H2,1H3,(H,19,23);3-4,6,11,16-17H,2,5,7-10H2,1H3,(H,20,22);1-2,4,10,15-16,21H,3,5-9H2,(H,19,22)/b24-18-;20-15-;21-12-;18-12-;19-13-;18-12-. The number of aliphatic hydroxyl groups is 1. The van der Waals surface area contributed by atoms with Gasteiger partial charge in [-0.05, 0) is 198 Å². The minimum Gasteiger partial charge on any atom is -0.395 e. The first kappa shape index (κ1) is 108. The van der Waals surface area contributed by atoms with E-state index in [1.54, 1.807) is 37.2 Å². The lowest BCUT2D eigenvalue weighted by atomic mass is 10.1. The van der Waals surface area contributed by atoms with E-state index in [2.05, 4.69) is 192 Å². The summed E-state index contributed by atoms with van der Waals surface area (Å²) in [5, 5.41) is 75.1. The number of carbonyl (C=O) groups excluding carboxylic acids is 1. The number of benzene rings is 1. The first-order valence-electron chi connectivity index (χ1n) is 49.2. The molecule has 145 heavy (non-hydrogen) atoms. The first-order chi connectivity index (χ1) is 70.5. The second-order valence-electron chi connectivity index (χ2n) is 35.6. The van der Waals surface area contributed by atoms with E-state index in [0.29, 0.717) is 88.1 Å². The molecule has 12 aliphatic rings. The third kappa shape index (κ3) is 31.9. The predicted molar refractivity (Wildman–Crippen MR) is 591 cm³/mol. The minimum atomic E-state index is -4.16. The summed E-state index contributed by atoms with van der Waals surface area (Å²) in [5.74, 6) is 0.101. The van der Waals surface area contributed by atoms with Crippen LogP contribution in [0.3, 0.4) is 0 Å². The highest BCUT2D eigenvalue weighted by Gasteiger charge is 2.35. The molecule has 1 amide bonds. The molecule has 2 unspecified atom stereocenters. The van der Waals surface area contributed by atoms with Crippen molar-refractivity contribution in [2.24, 2.45) is 30.6 Å². The number of anilines is 7. The summed E-state index contributed by atoms with van der Waals surface area (Å²) in [5.41, 5.74) is 36.4. The quantitative estimate of drug-likeness (QED) is 0.0437. The number of halogens is 3. The van der Waals surface area contributed by atoms with Gasteiger partial charge < -0.3 is 91.7 Å². The Labute approximate surface area is 876 Å². The average molecular weight is 2100 g/mol. The Morgan fingerprint density at radius 3 is 1.04 bits per heavy atom. The van der Waals surface area contributed by atoms with Gasteiger partial charge >= 0.3 is 6.18 Å². The number of nitrogens with zero attached hydrogens (tertiary/aromatic N) is 24. The maximum Gasteiger partial charge on any atom is 0.401 e. The number of fused-ring (bicyclic) bond motifs is 6. The van der Waals surface area contributed by atoms with E-state index in [1.807, 2.05) is 124 Å². The van der Waals surface area contributed by atoms with Crippen molar-refractivity contribution in [3.8, 4) is 6.07 Å². The maximum absolute atomic E-state index is 12.4. The number of aliphatic hydroxyl groups excluding tert-OH is 1. The number of hydrogen-bond donors (Lipinski definition) is 15. The molecule has 2 atom stereocenters. The van der Waals surface area contributed by atoms with E-state index in [4.69, 9.17) is 78.6 Å². The number of amides is 1. The zero-order chi connectivity index (χ0) is 102. The topological polar surface area (TPSA) is 417 Å². The first-order valence-corrected chi connectivity index (χ1v) is 51.6. The summed E-state index contributed by atoms with van der Waals surface area (Å²) in [6.07, 6.45) is 12.4. The number of piperazine rings is 6. The number of aromatic nitrogens is 6. The summed E-state index contributed by atoms with van der Waals surface area (Å²) < 4.78 is 37.3. The Balaban J connectivity index is 0.000000138. The molecule has 19 rings (SSSR count). The lowest BCUT2D eigenvalue weighted by Gasteiger charge is -2.37. The Kier molecular flexibility index (Phi) is 41.1.